The number of piperidine rings is 1. The summed E-state index contributed by atoms with van der Waals surface area (Å²) in [6.45, 7) is 5.76. The fourth-order valence-electron chi connectivity index (χ4n) is 6.23. The number of aromatic nitrogens is 5. The van der Waals surface area contributed by atoms with Gasteiger partial charge < -0.3 is 34.3 Å². The first-order valence-electron chi connectivity index (χ1n) is 18.2. The molecule has 1 fully saturated rings. The van der Waals surface area contributed by atoms with Crippen LogP contribution in [0.15, 0.2) is 96.1 Å². The lowest BCUT2D eigenvalue weighted by Gasteiger charge is -2.36. The molecule has 3 aromatic carbocycles. The number of aliphatic hydroxyl groups excluding tert-OH is 1. The van der Waals surface area contributed by atoms with Crippen LogP contribution in [-0.4, -0.2) is 84.6 Å². The molecule has 15 nitrogen and oxygen atoms in total. The molecular formula is C41H39F2N7O8. The first-order chi connectivity index (χ1) is 27.8. The quantitative estimate of drug-likeness (QED) is 0.164. The second-order valence-corrected chi connectivity index (χ2v) is 14.4. The van der Waals surface area contributed by atoms with Crippen LogP contribution < -0.4 is 25.1 Å². The highest BCUT2D eigenvalue weighted by molar-refractivity contribution is 6.04. The van der Waals surface area contributed by atoms with Crippen LogP contribution in [0.25, 0.3) is 16.7 Å². The predicted molar refractivity (Wildman–Crippen MR) is 207 cm³/mol. The van der Waals surface area contributed by atoms with Crippen LogP contribution in [-0.2, 0) is 11.3 Å². The Morgan fingerprint density at radius 2 is 1.72 bits per heavy atom. The van der Waals surface area contributed by atoms with Crippen LogP contribution in [0.3, 0.4) is 0 Å². The van der Waals surface area contributed by atoms with Crippen molar-refractivity contribution in [2.75, 3.05) is 25.5 Å². The third-order valence-electron chi connectivity index (χ3n) is 9.06. The van der Waals surface area contributed by atoms with E-state index in [9.17, 15) is 23.9 Å². The van der Waals surface area contributed by atoms with Crippen LogP contribution in [0.2, 0.25) is 0 Å². The zero-order valence-corrected chi connectivity index (χ0v) is 31.9. The highest BCUT2D eigenvalue weighted by Crippen LogP contribution is 2.38. The summed E-state index contributed by atoms with van der Waals surface area (Å²) in [4.78, 5) is 44.9. The summed E-state index contributed by atoms with van der Waals surface area (Å²) >= 11 is 0. The van der Waals surface area contributed by atoms with Crippen molar-refractivity contribution < 1.29 is 42.4 Å². The topological polar surface area (TPSA) is 172 Å². The molecule has 0 aliphatic carbocycles. The van der Waals surface area contributed by atoms with E-state index in [2.05, 4.69) is 15.4 Å². The normalized spacial score (nSPS) is 15.5. The summed E-state index contributed by atoms with van der Waals surface area (Å²) < 4.78 is 54.9. The number of carbonyl (C=O) groups is 2. The Morgan fingerprint density at radius 3 is 2.41 bits per heavy atom. The number of carbonyl (C=O) groups excluding carboxylic acids is 2. The fourth-order valence-corrected chi connectivity index (χ4v) is 6.23. The smallest absolute Gasteiger partial charge is 0.410 e. The molecule has 0 spiro atoms. The number of amides is 2. The number of methoxy groups -OCH3 is 1. The standard InChI is InChI=1S/C41H39F2N7O8/c1-41(2,3)58-40(54)48-20-17-33(31(51)23-48)57-38-35-34(16-18-44-36(35)49(47-38)22-24-5-12-28(55-4)13-6-24)56-32-14-9-26(21-30(32)43)46-37(52)29-15-19-45-50(39(29)53)27-10-7-25(42)8-11-27/h5-16,18-19,21,31,33,51H,17,20,22-23H2,1-4H3,(H,46,52)/t31-,33+/m0/s1. The van der Waals surface area contributed by atoms with Gasteiger partial charge in [-0.05, 0) is 80.9 Å². The second-order valence-electron chi connectivity index (χ2n) is 14.4. The van der Waals surface area contributed by atoms with Crippen LogP contribution in [0, 0.1) is 11.6 Å². The zero-order chi connectivity index (χ0) is 41.1. The highest BCUT2D eigenvalue weighted by Gasteiger charge is 2.35. The Labute approximate surface area is 330 Å². The molecule has 0 unspecified atom stereocenters. The molecular weight excluding hydrogens is 756 g/mol. The van der Waals surface area contributed by atoms with Gasteiger partial charge in [0.2, 0.25) is 5.88 Å². The summed E-state index contributed by atoms with van der Waals surface area (Å²) in [5.41, 5.74) is -0.265. The van der Waals surface area contributed by atoms with Crippen LogP contribution >= 0.6 is 0 Å². The maximum Gasteiger partial charge on any atom is 0.410 e. The Balaban J connectivity index is 1.14. The minimum Gasteiger partial charge on any atom is -0.497 e. The van der Waals surface area contributed by atoms with Gasteiger partial charge in [-0.3, -0.25) is 9.59 Å². The molecule has 6 aromatic rings. The summed E-state index contributed by atoms with van der Waals surface area (Å²) in [7, 11) is 1.57. The maximum atomic E-state index is 15.7. The van der Waals surface area contributed by atoms with Crippen molar-refractivity contribution in [2.45, 2.75) is 51.5 Å². The van der Waals surface area contributed by atoms with Crippen molar-refractivity contribution in [3.05, 3.63) is 124 Å². The molecule has 2 N–H and O–H groups in total. The molecule has 1 aliphatic rings. The average Bonchev–Trinajstić information content (AvgIpc) is 3.53. The van der Waals surface area contributed by atoms with E-state index in [1.807, 2.05) is 24.3 Å². The van der Waals surface area contributed by atoms with Gasteiger partial charge in [0, 0.05) is 43.2 Å². The maximum absolute atomic E-state index is 15.7. The minimum absolute atomic E-state index is 0.0299. The van der Waals surface area contributed by atoms with E-state index >= 15 is 4.39 Å². The van der Waals surface area contributed by atoms with Gasteiger partial charge in [0.25, 0.3) is 11.5 Å². The molecule has 300 valence electrons. The first-order valence-corrected chi connectivity index (χ1v) is 18.2. The summed E-state index contributed by atoms with van der Waals surface area (Å²) in [5, 5.41) is 22.6. The number of hydrogen-bond donors (Lipinski definition) is 2. The third-order valence-corrected chi connectivity index (χ3v) is 9.06. The van der Waals surface area contributed by atoms with E-state index in [1.54, 1.807) is 32.6 Å². The molecule has 0 radical (unpaired) electrons. The number of nitrogens with zero attached hydrogens (tertiary/aromatic N) is 6. The Kier molecular flexibility index (Phi) is 11.1. The van der Waals surface area contributed by atoms with E-state index in [1.165, 1.54) is 53.7 Å². The lowest BCUT2D eigenvalue weighted by Crippen LogP contribution is -2.52. The van der Waals surface area contributed by atoms with Gasteiger partial charge in [-0.2, -0.15) is 9.78 Å². The molecule has 3 aromatic heterocycles. The number of aliphatic hydroxyl groups is 1. The molecule has 58 heavy (non-hydrogen) atoms. The number of nitrogens with one attached hydrogen (secondary N) is 1. The van der Waals surface area contributed by atoms with E-state index in [-0.39, 0.29) is 60.4 Å². The van der Waals surface area contributed by atoms with Crippen LogP contribution in [0.4, 0.5) is 19.3 Å². The van der Waals surface area contributed by atoms with E-state index in [4.69, 9.17) is 24.0 Å². The molecule has 1 aliphatic heterocycles. The molecule has 7 rings (SSSR count). The van der Waals surface area contributed by atoms with Gasteiger partial charge in [0.15, 0.2) is 17.2 Å². The second kappa shape index (κ2) is 16.3. The fraction of sp³-hybridized carbons (Fsp3) is 0.268. The molecule has 4 heterocycles. The molecule has 17 heteroatoms. The van der Waals surface area contributed by atoms with Gasteiger partial charge in [-0.1, -0.05) is 12.1 Å². The van der Waals surface area contributed by atoms with Crippen LogP contribution in [0.5, 0.6) is 23.1 Å². The number of ether oxygens (including phenoxy) is 4. The third kappa shape index (κ3) is 8.73. The Bertz CT molecular complexity index is 2520. The number of rotatable bonds is 10. The minimum atomic E-state index is -1.10. The van der Waals surface area contributed by atoms with E-state index in [0.717, 1.165) is 28.4 Å². The van der Waals surface area contributed by atoms with Crippen molar-refractivity contribution in [3.63, 3.8) is 0 Å². The summed E-state index contributed by atoms with van der Waals surface area (Å²) in [5.74, 6) is -1.52. The number of halogens is 2. The molecule has 2 amide bonds. The van der Waals surface area contributed by atoms with Crippen molar-refractivity contribution >= 4 is 28.7 Å². The van der Waals surface area contributed by atoms with Crippen molar-refractivity contribution in [2.24, 2.45) is 0 Å². The van der Waals surface area contributed by atoms with Gasteiger partial charge in [-0.15, -0.1) is 5.10 Å². The van der Waals surface area contributed by atoms with Crippen molar-refractivity contribution in [3.8, 4) is 28.8 Å². The number of likely N-dealkylation sites (tertiary alicyclic amines) is 1. The number of β-amino-alcohol motifs (C(OH)–C–C–N with tert-alkyl or cyclic N) is 1. The van der Waals surface area contributed by atoms with E-state index < -0.39 is 47.0 Å². The van der Waals surface area contributed by atoms with Crippen LogP contribution in [0.1, 0.15) is 43.1 Å². The van der Waals surface area contributed by atoms with Crippen molar-refractivity contribution in [1.29, 1.82) is 0 Å². The van der Waals surface area contributed by atoms with Gasteiger partial charge in [0.05, 0.1) is 25.9 Å². The van der Waals surface area contributed by atoms with Gasteiger partial charge in [-0.25, -0.2) is 23.2 Å². The summed E-state index contributed by atoms with van der Waals surface area (Å²) in [6, 6.07) is 18.8. The molecule has 0 saturated carbocycles. The van der Waals surface area contributed by atoms with Gasteiger partial charge >= 0.3 is 6.09 Å². The van der Waals surface area contributed by atoms with E-state index in [0.29, 0.717) is 16.8 Å². The number of fused-ring (bicyclic) bond motifs is 1. The Morgan fingerprint density at radius 1 is 0.966 bits per heavy atom. The monoisotopic (exact) mass is 795 g/mol. The number of hydrogen-bond acceptors (Lipinski definition) is 11. The number of benzene rings is 3. The predicted octanol–water partition coefficient (Wildman–Crippen LogP) is 6.11. The van der Waals surface area contributed by atoms with Gasteiger partial charge in [0.1, 0.15) is 46.1 Å². The number of anilines is 1. The highest BCUT2D eigenvalue weighted by atomic mass is 19.1. The largest absolute Gasteiger partial charge is 0.497 e. The Hall–Kier alpha value is -6.88. The molecule has 1 saturated heterocycles. The lowest BCUT2D eigenvalue weighted by atomic mass is 10.1. The average molecular weight is 796 g/mol. The zero-order valence-electron chi connectivity index (χ0n) is 31.9. The summed E-state index contributed by atoms with van der Waals surface area (Å²) in [6.07, 6.45) is 0.556. The van der Waals surface area contributed by atoms with Crippen molar-refractivity contribution in [1.82, 2.24) is 29.4 Å². The molecule has 2 atom stereocenters. The lowest BCUT2D eigenvalue weighted by molar-refractivity contribution is -0.0384. The first kappa shape index (κ1) is 39.4. The SMILES string of the molecule is COc1ccc(Cn2nc(O[C@@H]3CCN(C(=O)OC(C)(C)C)C[C@@H]3O)c3c(Oc4ccc(NC(=O)c5ccnn(-c6ccc(F)cc6)c5=O)cc4F)ccnc32)cc1. The number of pyridine rings is 1. The molecule has 0 bridgehead atoms.